The van der Waals surface area contributed by atoms with Crippen LogP contribution < -0.4 is 0 Å². The highest BCUT2D eigenvalue weighted by Crippen LogP contribution is 2.26. The van der Waals surface area contributed by atoms with Gasteiger partial charge >= 0.3 is 0 Å². The summed E-state index contributed by atoms with van der Waals surface area (Å²) in [5.41, 5.74) is 2.08. The second kappa shape index (κ2) is 5.23. The summed E-state index contributed by atoms with van der Waals surface area (Å²) in [5.74, 6) is 1.54. The van der Waals surface area contributed by atoms with Crippen LogP contribution in [-0.2, 0) is 4.79 Å². The van der Waals surface area contributed by atoms with Crippen LogP contribution in [0.25, 0.3) is 5.65 Å². The van der Waals surface area contributed by atoms with Crippen LogP contribution in [-0.4, -0.2) is 38.5 Å². The zero-order valence-corrected chi connectivity index (χ0v) is 12.0. The van der Waals surface area contributed by atoms with E-state index in [9.17, 15) is 4.79 Å². The molecular formula is C15H20N4O. The van der Waals surface area contributed by atoms with Crippen LogP contribution >= 0.6 is 0 Å². The molecule has 5 nitrogen and oxygen atoms in total. The first-order chi connectivity index (χ1) is 9.67. The summed E-state index contributed by atoms with van der Waals surface area (Å²) in [6.45, 7) is 5.62. The Kier molecular flexibility index (Phi) is 3.42. The van der Waals surface area contributed by atoms with E-state index in [-0.39, 0.29) is 5.91 Å². The summed E-state index contributed by atoms with van der Waals surface area (Å²) >= 11 is 0. The molecule has 0 saturated carbocycles. The summed E-state index contributed by atoms with van der Waals surface area (Å²) in [6.07, 6.45) is 4.52. The van der Waals surface area contributed by atoms with Gasteiger partial charge in [-0.2, -0.15) is 5.10 Å². The number of aryl methyl sites for hydroxylation is 1. The van der Waals surface area contributed by atoms with Gasteiger partial charge in [-0.15, -0.1) is 0 Å². The number of carbonyl (C=O) groups is 1. The number of aromatic nitrogens is 3. The third kappa shape index (κ3) is 2.40. The minimum absolute atomic E-state index is 0.252. The fourth-order valence-electron chi connectivity index (χ4n) is 2.79. The molecule has 0 atom stereocenters. The van der Waals surface area contributed by atoms with Crippen LogP contribution in [0.5, 0.6) is 0 Å². The minimum Gasteiger partial charge on any atom is -0.343 e. The van der Waals surface area contributed by atoms with E-state index in [2.05, 4.69) is 23.1 Å². The van der Waals surface area contributed by atoms with E-state index in [0.717, 1.165) is 37.4 Å². The van der Waals surface area contributed by atoms with Gasteiger partial charge < -0.3 is 4.90 Å². The van der Waals surface area contributed by atoms with Gasteiger partial charge in [0.1, 0.15) is 0 Å². The fourth-order valence-corrected chi connectivity index (χ4v) is 2.79. The van der Waals surface area contributed by atoms with Crippen molar-refractivity contribution in [2.24, 2.45) is 0 Å². The molecule has 3 rings (SSSR count). The summed E-state index contributed by atoms with van der Waals surface area (Å²) in [5, 5.41) is 4.59. The molecule has 0 bridgehead atoms. The Bertz CT molecular complexity index is 626. The molecule has 0 N–H and O–H groups in total. The van der Waals surface area contributed by atoms with Crippen LogP contribution in [0.2, 0.25) is 0 Å². The second-order valence-electron chi connectivity index (χ2n) is 5.49. The summed E-state index contributed by atoms with van der Waals surface area (Å²) in [7, 11) is 0. The van der Waals surface area contributed by atoms with E-state index in [1.807, 2.05) is 28.6 Å². The SMILES string of the molecule is CCC(=O)N1CCC(c2nc3ccc(C)cn3n2)CC1. The van der Waals surface area contributed by atoms with Gasteiger partial charge in [-0.1, -0.05) is 13.0 Å². The lowest BCUT2D eigenvalue weighted by Crippen LogP contribution is -2.37. The molecule has 1 amide bonds. The van der Waals surface area contributed by atoms with Crippen molar-refractivity contribution >= 4 is 11.6 Å². The highest BCUT2D eigenvalue weighted by Gasteiger charge is 2.25. The molecule has 1 aliphatic heterocycles. The normalized spacial score (nSPS) is 16.8. The van der Waals surface area contributed by atoms with Crippen molar-refractivity contribution in [3.8, 4) is 0 Å². The van der Waals surface area contributed by atoms with Gasteiger partial charge in [-0.05, 0) is 31.4 Å². The minimum atomic E-state index is 0.252. The van der Waals surface area contributed by atoms with E-state index in [0.29, 0.717) is 12.3 Å². The van der Waals surface area contributed by atoms with Crippen molar-refractivity contribution in [3.63, 3.8) is 0 Å². The summed E-state index contributed by atoms with van der Waals surface area (Å²) in [4.78, 5) is 18.2. The number of rotatable bonds is 2. The summed E-state index contributed by atoms with van der Waals surface area (Å²) in [6, 6.07) is 4.05. The van der Waals surface area contributed by atoms with Crippen LogP contribution in [0, 0.1) is 6.92 Å². The van der Waals surface area contributed by atoms with Crippen molar-refractivity contribution < 1.29 is 4.79 Å². The first-order valence-electron chi connectivity index (χ1n) is 7.28. The van der Waals surface area contributed by atoms with Crippen molar-refractivity contribution in [2.45, 2.75) is 39.0 Å². The molecule has 0 unspecified atom stereocenters. The van der Waals surface area contributed by atoms with Gasteiger partial charge in [-0.25, -0.2) is 9.50 Å². The van der Waals surface area contributed by atoms with Crippen LogP contribution in [0.1, 0.15) is 43.5 Å². The maximum atomic E-state index is 11.7. The molecule has 20 heavy (non-hydrogen) atoms. The molecule has 5 heteroatoms. The van der Waals surface area contributed by atoms with Gasteiger partial charge in [-0.3, -0.25) is 4.79 Å². The third-order valence-corrected chi connectivity index (χ3v) is 4.01. The van der Waals surface area contributed by atoms with Crippen LogP contribution in [0.15, 0.2) is 18.3 Å². The molecule has 1 saturated heterocycles. The maximum absolute atomic E-state index is 11.7. The molecule has 1 fully saturated rings. The quantitative estimate of drug-likeness (QED) is 0.841. The van der Waals surface area contributed by atoms with E-state index in [1.165, 1.54) is 5.56 Å². The van der Waals surface area contributed by atoms with Crippen molar-refractivity contribution in [2.75, 3.05) is 13.1 Å². The smallest absolute Gasteiger partial charge is 0.222 e. The van der Waals surface area contributed by atoms with E-state index in [1.54, 1.807) is 0 Å². The molecule has 106 valence electrons. The molecule has 0 radical (unpaired) electrons. The zero-order valence-electron chi connectivity index (χ0n) is 12.0. The Labute approximate surface area is 118 Å². The van der Waals surface area contributed by atoms with Crippen molar-refractivity contribution in [1.82, 2.24) is 19.5 Å². The van der Waals surface area contributed by atoms with E-state index < -0.39 is 0 Å². The molecule has 3 heterocycles. The molecule has 0 aromatic carbocycles. The largest absolute Gasteiger partial charge is 0.343 e. The molecule has 1 aliphatic rings. The average Bonchev–Trinajstić information content (AvgIpc) is 2.89. The highest BCUT2D eigenvalue weighted by molar-refractivity contribution is 5.75. The van der Waals surface area contributed by atoms with Crippen LogP contribution in [0.4, 0.5) is 0 Å². The van der Waals surface area contributed by atoms with E-state index >= 15 is 0 Å². The van der Waals surface area contributed by atoms with Gasteiger partial charge in [0.2, 0.25) is 5.91 Å². The first kappa shape index (κ1) is 13.1. The van der Waals surface area contributed by atoms with Crippen LogP contribution in [0.3, 0.4) is 0 Å². The lowest BCUT2D eigenvalue weighted by Gasteiger charge is -2.30. The number of carbonyl (C=O) groups excluding carboxylic acids is 1. The lowest BCUT2D eigenvalue weighted by atomic mass is 9.96. The number of likely N-dealkylation sites (tertiary alicyclic amines) is 1. The molecule has 2 aromatic heterocycles. The maximum Gasteiger partial charge on any atom is 0.222 e. The highest BCUT2D eigenvalue weighted by atomic mass is 16.2. The Morgan fingerprint density at radius 3 is 2.80 bits per heavy atom. The predicted octanol–water partition coefficient (Wildman–Crippen LogP) is 2.15. The van der Waals surface area contributed by atoms with Gasteiger partial charge in [0.15, 0.2) is 11.5 Å². The topological polar surface area (TPSA) is 50.5 Å². The zero-order chi connectivity index (χ0) is 14.1. The van der Waals surface area contributed by atoms with Crippen molar-refractivity contribution in [3.05, 3.63) is 29.7 Å². The molecule has 2 aromatic rings. The molecule has 0 spiro atoms. The number of pyridine rings is 1. The Hall–Kier alpha value is -1.91. The van der Waals surface area contributed by atoms with E-state index in [4.69, 9.17) is 0 Å². The average molecular weight is 272 g/mol. The Balaban J connectivity index is 1.75. The van der Waals surface area contributed by atoms with Crippen molar-refractivity contribution in [1.29, 1.82) is 0 Å². The van der Waals surface area contributed by atoms with Gasteiger partial charge in [0.25, 0.3) is 0 Å². The second-order valence-corrected chi connectivity index (χ2v) is 5.49. The standard InChI is InChI=1S/C15H20N4O/c1-3-14(20)18-8-6-12(7-9-18)15-16-13-5-4-11(2)10-19(13)17-15/h4-5,10,12H,3,6-9H2,1-2H3. The lowest BCUT2D eigenvalue weighted by molar-refractivity contribution is -0.131. The molecule has 0 aliphatic carbocycles. The first-order valence-corrected chi connectivity index (χ1v) is 7.28. The van der Waals surface area contributed by atoms with Gasteiger partial charge in [0, 0.05) is 31.6 Å². The Morgan fingerprint density at radius 2 is 2.10 bits per heavy atom. The number of hydrogen-bond donors (Lipinski definition) is 0. The monoisotopic (exact) mass is 272 g/mol. The number of nitrogens with zero attached hydrogens (tertiary/aromatic N) is 4. The van der Waals surface area contributed by atoms with Gasteiger partial charge in [0.05, 0.1) is 0 Å². The Morgan fingerprint density at radius 1 is 1.35 bits per heavy atom. The predicted molar refractivity (Wildman–Crippen MR) is 76.6 cm³/mol. The molecular weight excluding hydrogens is 252 g/mol. The number of fused-ring (bicyclic) bond motifs is 1. The fraction of sp³-hybridized carbons (Fsp3) is 0.533. The number of hydrogen-bond acceptors (Lipinski definition) is 3. The summed E-state index contributed by atoms with van der Waals surface area (Å²) < 4.78 is 1.86. The number of piperidine rings is 1. The number of amides is 1. The third-order valence-electron chi connectivity index (χ3n) is 4.01.